The number of aromatic nitrogens is 2. The molecule has 33 heavy (non-hydrogen) atoms. The minimum Gasteiger partial charge on any atom is -0.497 e. The number of hydrogen-bond acceptors (Lipinski definition) is 6. The van der Waals surface area contributed by atoms with E-state index in [0.29, 0.717) is 34.1 Å². The summed E-state index contributed by atoms with van der Waals surface area (Å²) in [6.07, 6.45) is 0. The van der Waals surface area contributed by atoms with Gasteiger partial charge in [0, 0.05) is 34.5 Å². The van der Waals surface area contributed by atoms with Gasteiger partial charge in [0.15, 0.2) is 5.82 Å². The molecule has 0 N–H and O–H groups in total. The SMILES string of the molecule is COc1ccc(N(C)c2nnc(C)c3cc(-c4cc(Cl)cc(F)c4C#N)ccc23)c(OC)c1. The first kappa shape index (κ1) is 22.3. The molecule has 0 aliphatic carbocycles. The van der Waals surface area contributed by atoms with Gasteiger partial charge in [-0.2, -0.15) is 10.4 Å². The van der Waals surface area contributed by atoms with Crippen LogP contribution < -0.4 is 14.4 Å². The molecule has 1 aromatic heterocycles. The van der Waals surface area contributed by atoms with Crippen LogP contribution in [-0.4, -0.2) is 31.5 Å². The average Bonchev–Trinajstić information content (AvgIpc) is 2.83. The highest BCUT2D eigenvalue weighted by Gasteiger charge is 2.18. The Labute approximate surface area is 195 Å². The van der Waals surface area contributed by atoms with Crippen molar-refractivity contribution >= 4 is 33.9 Å². The Hall–Kier alpha value is -3.89. The van der Waals surface area contributed by atoms with Crippen molar-refractivity contribution < 1.29 is 13.9 Å². The molecule has 166 valence electrons. The molecule has 8 heteroatoms. The molecular weight excluding hydrogens is 443 g/mol. The average molecular weight is 463 g/mol. The second-order valence-corrected chi connectivity index (χ2v) is 7.82. The largest absolute Gasteiger partial charge is 0.497 e. The van der Waals surface area contributed by atoms with E-state index >= 15 is 0 Å². The molecule has 0 amide bonds. The summed E-state index contributed by atoms with van der Waals surface area (Å²) in [7, 11) is 5.06. The minimum atomic E-state index is -0.656. The fourth-order valence-corrected chi connectivity index (χ4v) is 3.98. The number of benzene rings is 3. The smallest absolute Gasteiger partial charge is 0.163 e. The number of nitrogens with zero attached hydrogens (tertiary/aromatic N) is 4. The highest BCUT2D eigenvalue weighted by molar-refractivity contribution is 6.31. The molecule has 0 fully saturated rings. The highest BCUT2D eigenvalue weighted by Crippen LogP contribution is 2.39. The second kappa shape index (κ2) is 8.93. The lowest BCUT2D eigenvalue weighted by molar-refractivity contribution is 0.395. The van der Waals surface area contributed by atoms with Gasteiger partial charge in [-0.3, -0.25) is 0 Å². The Bertz CT molecular complexity index is 1420. The molecular formula is C25H20ClFN4O2. The summed E-state index contributed by atoms with van der Waals surface area (Å²) in [6, 6.07) is 15.7. The number of hydrogen-bond donors (Lipinski definition) is 0. The van der Waals surface area contributed by atoms with E-state index in [1.165, 1.54) is 0 Å². The lowest BCUT2D eigenvalue weighted by atomic mass is 9.97. The zero-order chi connectivity index (χ0) is 23.7. The first-order valence-electron chi connectivity index (χ1n) is 10.00. The summed E-state index contributed by atoms with van der Waals surface area (Å²) >= 11 is 6.06. The number of aryl methyl sites for hydroxylation is 1. The zero-order valence-corrected chi connectivity index (χ0v) is 19.2. The molecule has 0 atom stereocenters. The van der Waals surface area contributed by atoms with E-state index < -0.39 is 5.82 Å². The molecule has 0 aliphatic rings. The summed E-state index contributed by atoms with van der Waals surface area (Å²) in [6.45, 7) is 1.85. The quantitative estimate of drug-likeness (QED) is 0.359. The van der Waals surface area contributed by atoms with E-state index in [0.717, 1.165) is 22.5 Å². The minimum absolute atomic E-state index is 0.0567. The Kier molecular flexibility index (Phi) is 6.03. The van der Waals surface area contributed by atoms with Crippen LogP contribution in [0.3, 0.4) is 0 Å². The van der Waals surface area contributed by atoms with Gasteiger partial charge in [0.25, 0.3) is 0 Å². The molecule has 3 aromatic carbocycles. The van der Waals surface area contributed by atoms with Crippen molar-refractivity contribution in [2.24, 2.45) is 0 Å². The number of methoxy groups -OCH3 is 2. The molecule has 0 bridgehead atoms. The molecule has 0 aliphatic heterocycles. The first-order valence-corrected chi connectivity index (χ1v) is 10.4. The predicted molar refractivity (Wildman–Crippen MR) is 127 cm³/mol. The van der Waals surface area contributed by atoms with Gasteiger partial charge in [-0.05, 0) is 48.9 Å². The van der Waals surface area contributed by atoms with Crippen LogP contribution in [0.5, 0.6) is 11.5 Å². The van der Waals surface area contributed by atoms with E-state index in [9.17, 15) is 9.65 Å². The van der Waals surface area contributed by atoms with Crippen molar-refractivity contribution in [1.29, 1.82) is 5.26 Å². The second-order valence-electron chi connectivity index (χ2n) is 7.39. The van der Waals surface area contributed by atoms with E-state index in [-0.39, 0.29) is 10.6 Å². The maximum atomic E-state index is 14.3. The molecule has 4 aromatic rings. The van der Waals surface area contributed by atoms with Crippen LogP contribution in [-0.2, 0) is 0 Å². The van der Waals surface area contributed by atoms with E-state index in [1.807, 2.05) is 55.3 Å². The van der Waals surface area contributed by atoms with Crippen LogP contribution in [0, 0.1) is 24.1 Å². The fourth-order valence-electron chi connectivity index (χ4n) is 3.77. The summed E-state index contributed by atoms with van der Waals surface area (Å²) in [5, 5.41) is 20.1. The van der Waals surface area contributed by atoms with Gasteiger partial charge < -0.3 is 14.4 Å². The third-order valence-electron chi connectivity index (χ3n) is 5.49. The van der Waals surface area contributed by atoms with Gasteiger partial charge in [0.1, 0.15) is 23.4 Å². The van der Waals surface area contributed by atoms with Crippen LogP contribution >= 0.6 is 11.6 Å². The van der Waals surface area contributed by atoms with Crippen LogP contribution in [0.4, 0.5) is 15.9 Å². The zero-order valence-electron chi connectivity index (χ0n) is 18.5. The topological polar surface area (TPSA) is 71.3 Å². The maximum absolute atomic E-state index is 14.3. The van der Waals surface area contributed by atoms with Gasteiger partial charge in [-0.25, -0.2) is 4.39 Å². The third-order valence-corrected chi connectivity index (χ3v) is 5.71. The number of halogens is 2. The predicted octanol–water partition coefficient (Wildman–Crippen LogP) is 6.05. The number of ether oxygens (including phenoxy) is 2. The third kappa shape index (κ3) is 4.01. The van der Waals surface area contributed by atoms with Gasteiger partial charge in [-0.15, -0.1) is 5.10 Å². The van der Waals surface area contributed by atoms with Crippen LogP contribution in [0.2, 0.25) is 5.02 Å². The molecule has 4 rings (SSSR count). The van der Waals surface area contributed by atoms with Crippen molar-refractivity contribution in [2.45, 2.75) is 6.92 Å². The van der Waals surface area contributed by atoms with Crippen LogP contribution in [0.25, 0.3) is 21.9 Å². The number of fused-ring (bicyclic) bond motifs is 1. The Morgan fingerprint density at radius 3 is 2.48 bits per heavy atom. The van der Waals surface area contributed by atoms with E-state index in [4.69, 9.17) is 21.1 Å². The summed E-state index contributed by atoms with van der Waals surface area (Å²) < 4.78 is 25.1. The van der Waals surface area contributed by atoms with Crippen molar-refractivity contribution in [3.63, 3.8) is 0 Å². The van der Waals surface area contributed by atoms with Gasteiger partial charge >= 0.3 is 0 Å². The first-order chi connectivity index (χ1) is 15.9. The van der Waals surface area contributed by atoms with E-state index in [1.54, 1.807) is 26.4 Å². The summed E-state index contributed by atoms with van der Waals surface area (Å²) in [4.78, 5) is 1.88. The van der Waals surface area contributed by atoms with Crippen molar-refractivity contribution in [1.82, 2.24) is 10.2 Å². The summed E-state index contributed by atoms with van der Waals surface area (Å²) in [5.74, 6) is 1.26. The van der Waals surface area contributed by atoms with Crippen molar-refractivity contribution in [2.75, 3.05) is 26.2 Å². The monoisotopic (exact) mass is 462 g/mol. The molecule has 6 nitrogen and oxygen atoms in total. The molecule has 0 spiro atoms. The standard InChI is InChI=1S/C25H20ClFN4O2/c1-14-19-9-15(20-10-16(26)11-22(27)21(20)13-28)5-7-18(19)25(30-29-14)31(2)23-8-6-17(32-3)12-24(23)33-4/h5-12H,1-4H3. The number of nitriles is 1. The normalized spacial score (nSPS) is 10.7. The van der Waals surface area contributed by atoms with E-state index in [2.05, 4.69) is 10.2 Å². The Morgan fingerprint density at radius 2 is 1.79 bits per heavy atom. The maximum Gasteiger partial charge on any atom is 0.163 e. The van der Waals surface area contributed by atoms with Gasteiger partial charge in [0.05, 0.1) is 31.2 Å². The van der Waals surface area contributed by atoms with Crippen molar-refractivity contribution in [3.8, 4) is 28.7 Å². The Morgan fingerprint density at radius 1 is 1.00 bits per heavy atom. The number of rotatable bonds is 5. The fraction of sp³-hybridized carbons (Fsp3) is 0.160. The molecule has 0 saturated heterocycles. The Balaban J connectivity index is 1.88. The molecule has 0 saturated carbocycles. The summed E-state index contributed by atoms with van der Waals surface area (Å²) in [5.41, 5.74) is 2.51. The van der Waals surface area contributed by atoms with Crippen molar-refractivity contribution in [3.05, 3.63) is 70.6 Å². The van der Waals surface area contributed by atoms with Gasteiger partial charge in [-0.1, -0.05) is 17.7 Å². The lowest BCUT2D eigenvalue weighted by Gasteiger charge is -2.22. The highest BCUT2D eigenvalue weighted by atomic mass is 35.5. The number of anilines is 2. The molecule has 0 radical (unpaired) electrons. The van der Waals surface area contributed by atoms with Crippen LogP contribution in [0.15, 0.2) is 48.5 Å². The molecule has 0 unspecified atom stereocenters. The van der Waals surface area contributed by atoms with Gasteiger partial charge in [0.2, 0.25) is 0 Å². The lowest BCUT2D eigenvalue weighted by Crippen LogP contribution is -2.14. The molecule has 1 heterocycles. The van der Waals surface area contributed by atoms with Crippen LogP contribution in [0.1, 0.15) is 11.3 Å².